The second kappa shape index (κ2) is 10.8. The van der Waals surface area contributed by atoms with E-state index in [2.05, 4.69) is 10.6 Å². The summed E-state index contributed by atoms with van der Waals surface area (Å²) in [4.78, 5) is 45.7. The highest BCUT2D eigenvalue weighted by Gasteiger charge is 2.17. The molecule has 0 bridgehead atoms. The molecular formula is C19H18ClN3O7. The average Bonchev–Trinajstić information content (AvgIpc) is 2.74. The predicted octanol–water partition coefficient (Wildman–Crippen LogP) is 1.85. The second-order valence-electron chi connectivity index (χ2n) is 5.86. The Kier molecular flexibility index (Phi) is 8.12. The summed E-state index contributed by atoms with van der Waals surface area (Å²) < 4.78 is 9.96. The minimum atomic E-state index is -0.848. The molecule has 30 heavy (non-hydrogen) atoms. The van der Waals surface area contributed by atoms with E-state index in [-0.39, 0.29) is 17.1 Å². The molecule has 2 aromatic carbocycles. The van der Waals surface area contributed by atoms with Gasteiger partial charge in [-0.05, 0) is 18.2 Å². The first-order chi connectivity index (χ1) is 14.3. The van der Waals surface area contributed by atoms with Gasteiger partial charge in [-0.15, -0.1) is 0 Å². The fourth-order valence-corrected chi connectivity index (χ4v) is 2.53. The molecule has 0 heterocycles. The van der Waals surface area contributed by atoms with Gasteiger partial charge in [0.2, 0.25) is 0 Å². The first-order valence-electron chi connectivity index (χ1n) is 8.58. The van der Waals surface area contributed by atoms with E-state index in [4.69, 9.17) is 21.1 Å². The van der Waals surface area contributed by atoms with Gasteiger partial charge in [0.05, 0.1) is 12.0 Å². The Balaban J connectivity index is 1.76. The van der Waals surface area contributed by atoms with Crippen LogP contribution in [-0.2, 0) is 20.9 Å². The van der Waals surface area contributed by atoms with Crippen LogP contribution in [-0.4, -0.2) is 43.0 Å². The van der Waals surface area contributed by atoms with Gasteiger partial charge in [0.25, 0.3) is 17.5 Å². The highest BCUT2D eigenvalue weighted by molar-refractivity contribution is 6.32. The number of nitro benzene ring substituents is 1. The number of nitrogens with zero attached hydrogens (tertiary/aromatic N) is 1. The number of carbonyl (C=O) groups is 3. The lowest BCUT2D eigenvalue weighted by Gasteiger charge is -2.10. The molecule has 0 atom stereocenters. The minimum Gasteiger partial charge on any atom is -0.496 e. The van der Waals surface area contributed by atoms with Gasteiger partial charge in [0.1, 0.15) is 17.3 Å². The van der Waals surface area contributed by atoms with Crippen LogP contribution in [0.4, 0.5) is 5.69 Å². The van der Waals surface area contributed by atoms with Gasteiger partial charge >= 0.3 is 5.97 Å². The monoisotopic (exact) mass is 435 g/mol. The van der Waals surface area contributed by atoms with Crippen molar-refractivity contribution in [2.45, 2.75) is 6.54 Å². The number of hydrogen-bond donors (Lipinski definition) is 2. The number of nitro groups is 1. The van der Waals surface area contributed by atoms with Crippen LogP contribution in [0.5, 0.6) is 5.75 Å². The lowest BCUT2D eigenvalue weighted by atomic mass is 10.2. The zero-order valence-corrected chi connectivity index (χ0v) is 16.6. The molecule has 10 nitrogen and oxygen atoms in total. The van der Waals surface area contributed by atoms with Crippen molar-refractivity contribution in [1.29, 1.82) is 0 Å². The lowest BCUT2D eigenvalue weighted by molar-refractivity contribution is -0.384. The highest BCUT2D eigenvalue weighted by Crippen LogP contribution is 2.25. The van der Waals surface area contributed by atoms with Crippen LogP contribution in [0, 0.1) is 10.1 Å². The number of nitrogens with one attached hydrogen (secondary N) is 2. The summed E-state index contributed by atoms with van der Waals surface area (Å²) in [6.07, 6.45) is 0. The molecule has 2 N–H and O–H groups in total. The molecule has 2 aromatic rings. The summed E-state index contributed by atoms with van der Waals surface area (Å²) in [5.74, 6) is -1.50. The molecule has 2 rings (SSSR count). The molecule has 0 radical (unpaired) electrons. The molecule has 2 amide bonds. The van der Waals surface area contributed by atoms with Gasteiger partial charge < -0.3 is 20.1 Å². The zero-order chi connectivity index (χ0) is 22.1. The Morgan fingerprint density at radius 3 is 2.57 bits per heavy atom. The molecule has 11 heteroatoms. The van der Waals surface area contributed by atoms with E-state index >= 15 is 0 Å². The van der Waals surface area contributed by atoms with Crippen LogP contribution in [0.3, 0.4) is 0 Å². The number of hydrogen-bond acceptors (Lipinski definition) is 7. The fourth-order valence-electron chi connectivity index (χ4n) is 2.34. The van der Waals surface area contributed by atoms with Gasteiger partial charge in [-0.1, -0.05) is 29.8 Å². The largest absolute Gasteiger partial charge is 0.496 e. The zero-order valence-electron chi connectivity index (χ0n) is 15.8. The normalized spacial score (nSPS) is 10.1. The SMILES string of the molecule is COc1ccccc1CNC(=O)COC(=O)CNC(=O)c1ccc(Cl)c([N+](=O)[O-])c1. The van der Waals surface area contributed by atoms with E-state index in [1.54, 1.807) is 24.3 Å². The van der Waals surface area contributed by atoms with Crippen molar-refractivity contribution < 1.29 is 28.8 Å². The second-order valence-corrected chi connectivity index (χ2v) is 6.26. The third-order valence-electron chi connectivity index (χ3n) is 3.83. The van der Waals surface area contributed by atoms with Crippen molar-refractivity contribution in [2.24, 2.45) is 0 Å². The molecular weight excluding hydrogens is 418 g/mol. The Hall–Kier alpha value is -3.66. The molecule has 0 saturated heterocycles. The van der Waals surface area contributed by atoms with Crippen molar-refractivity contribution in [3.05, 3.63) is 68.7 Å². The van der Waals surface area contributed by atoms with Gasteiger partial charge in [-0.25, -0.2) is 0 Å². The van der Waals surface area contributed by atoms with Crippen molar-refractivity contribution in [2.75, 3.05) is 20.3 Å². The van der Waals surface area contributed by atoms with Gasteiger partial charge in [0, 0.05) is 23.7 Å². The summed E-state index contributed by atoms with van der Waals surface area (Å²) >= 11 is 5.68. The molecule has 0 aromatic heterocycles. The smallest absolute Gasteiger partial charge is 0.325 e. The van der Waals surface area contributed by atoms with Crippen LogP contribution in [0.1, 0.15) is 15.9 Å². The molecule has 158 valence electrons. The van der Waals surface area contributed by atoms with Crippen LogP contribution >= 0.6 is 11.6 Å². The summed E-state index contributed by atoms with van der Waals surface area (Å²) in [5.41, 5.74) is 0.274. The van der Waals surface area contributed by atoms with Crippen LogP contribution < -0.4 is 15.4 Å². The molecule has 0 unspecified atom stereocenters. The fraction of sp³-hybridized carbons (Fsp3) is 0.211. The maximum absolute atomic E-state index is 12.0. The van der Waals surface area contributed by atoms with E-state index in [0.717, 1.165) is 11.6 Å². The van der Waals surface area contributed by atoms with E-state index in [9.17, 15) is 24.5 Å². The first kappa shape index (κ1) is 22.6. The number of rotatable bonds is 9. The third-order valence-corrected chi connectivity index (χ3v) is 4.15. The predicted molar refractivity (Wildman–Crippen MR) is 106 cm³/mol. The van der Waals surface area contributed by atoms with Gasteiger partial charge in [0.15, 0.2) is 6.61 Å². The summed E-state index contributed by atoms with van der Waals surface area (Å²) in [5, 5.41) is 15.6. The lowest BCUT2D eigenvalue weighted by Crippen LogP contribution is -2.33. The van der Waals surface area contributed by atoms with E-state index < -0.39 is 41.5 Å². The summed E-state index contributed by atoms with van der Waals surface area (Å²) in [6, 6.07) is 10.6. The summed E-state index contributed by atoms with van der Waals surface area (Å²) in [6.45, 7) is -0.863. The molecule has 0 aliphatic carbocycles. The van der Waals surface area contributed by atoms with Crippen molar-refractivity contribution in [3.63, 3.8) is 0 Å². The van der Waals surface area contributed by atoms with Gasteiger partial charge in [-0.3, -0.25) is 24.5 Å². The van der Waals surface area contributed by atoms with E-state index in [1.807, 2.05) is 0 Å². The molecule has 0 aliphatic heterocycles. The standard InChI is InChI=1S/C19H18ClN3O7/c1-29-16-5-3-2-4-13(16)9-21-17(24)11-30-18(25)10-22-19(26)12-6-7-14(20)15(8-12)23(27)28/h2-8H,9-11H2,1H3,(H,21,24)(H,22,26). The quantitative estimate of drug-likeness (QED) is 0.348. The molecule has 0 aliphatic rings. The minimum absolute atomic E-state index is 0.0477. The van der Waals surface area contributed by atoms with Crippen molar-refractivity contribution in [1.82, 2.24) is 10.6 Å². The Labute approximate surface area is 176 Å². The molecule has 0 saturated carbocycles. The van der Waals surface area contributed by atoms with Crippen LogP contribution in [0.15, 0.2) is 42.5 Å². The number of carbonyl (C=O) groups excluding carboxylic acids is 3. The average molecular weight is 436 g/mol. The van der Waals surface area contributed by atoms with Gasteiger partial charge in [-0.2, -0.15) is 0 Å². The Morgan fingerprint density at radius 1 is 1.13 bits per heavy atom. The summed E-state index contributed by atoms with van der Waals surface area (Å²) in [7, 11) is 1.51. The number of halogens is 1. The topological polar surface area (TPSA) is 137 Å². The molecule has 0 fully saturated rings. The third kappa shape index (κ3) is 6.45. The highest BCUT2D eigenvalue weighted by atomic mass is 35.5. The van der Waals surface area contributed by atoms with Crippen LogP contribution in [0.25, 0.3) is 0 Å². The number of benzene rings is 2. The Bertz CT molecular complexity index is 965. The number of esters is 1. The maximum atomic E-state index is 12.0. The molecule has 0 spiro atoms. The van der Waals surface area contributed by atoms with E-state index in [0.29, 0.717) is 5.75 Å². The number of amides is 2. The Morgan fingerprint density at radius 2 is 1.87 bits per heavy atom. The first-order valence-corrected chi connectivity index (χ1v) is 8.96. The number of methoxy groups -OCH3 is 1. The maximum Gasteiger partial charge on any atom is 0.325 e. The van der Waals surface area contributed by atoms with Crippen LogP contribution in [0.2, 0.25) is 5.02 Å². The van der Waals surface area contributed by atoms with Crippen molar-refractivity contribution >= 4 is 35.1 Å². The number of para-hydroxylation sites is 1. The van der Waals surface area contributed by atoms with E-state index in [1.165, 1.54) is 19.2 Å². The van der Waals surface area contributed by atoms with Crippen molar-refractivity contribution in [3.8, 4) is 5.75 Å². The number of ether oxygens (including phenoxy) is 2.